The van der Waals surface area contributed by atoms with Gasteiger partial charge in [0.25, 0.3) is 0 Å². The third-order valence-corrected chi connectivity index (χ3v) is 3.10. The molecule has 0 saturated heterocycles. The van der Waals surface area contributed by atoms with Crippen LogP contribution in [-0.4, -0.2) is 29.2 Å². The second-order valence-electron chi connectivity index (χ2n) is 4.12. The predicted octanol–water partition coefficient (Wildman–Crippen LogP) is 0.935. The van der Waals surface area contributed by atoms with Crippen molar-refractivity contribution in [2.45, 2.75) is 13.2 Å². The van der Waals surface area contributed by atoms with Crippen molar-refractivity contribution >= 4 is 22.7 Å². The molecule has 6 nitrogen and oxygen atoms in total. The van der Waals surface area contributed by atoms with Crippen molar-refractivity contribution in [2.75, 3.05) is 19.5 Å². The number of nitrogen functional groups attached to an aromatic ring is 1. The molecule has 3 rings (SSSR count). The third kappa shape index (κ3) is 1.46. The lowest BCUT2D eigenvalue weighted by Gasteiger charge is -2.16. The van der Waals surface area contributed by atoms with Crippen LogP contribution in [0.15, 0.2) is 12.1 Å². The molecular formula is C12H13N3O3. The van der Waals surface area contributed by atoms with Gasteiger partial charge in [-0.25, -0.2) is 9.78 Å². The molecule has 18 heavy (non-hydrogen) atoms. The first-order chi connectivity index (χ1) is 8.72. The number of fused-ring (bicyclic) bond motifs is 3. The Kier molecular flexibility index (Phi) is 2.45. The summed E-state index contributed by atoms with van der Waals surface area (Å²) in [7, 11) is 1.34. The number of ether oxygens (including phenoxy) is 2. The molecule has 1 aromatic heterocycles. The first-order valence-electron chi connectivity index (χ1n) is 5.66. The monoisotopic (exact) mass is 247 g/mol. The first-order valence-corrected chi connectivity index (χ1v) is 5.66. The lowest BCUT2D eigenvalue weighted by molar-refractivity contribution is 0.0602. The van der Waals surface area contributed by atoms with Gasteiger partial charge in [-0.2, -0.15) is 0 Å². The Labute approximate surface area is 103 Å². The molecule has 1 aliphatic rings. The Morgan fingerprint density at radius 3 is 3.17 bits per heavy atom. The molecule has 0 aliphatic carbocycles. The Morgan fingerprint density at radius 1 is 1.56 bits per heavy atom. The number of rotatable bonds is 1. The topological polar surface area (TPSA) is 79.4 Å². The van der Waals surface area contributed by atoms with Gasteiger partial charge in [0.2, 0.25) is 0 Å². The number of imidazole rings is 1. The van der Waals surface area contributed by atoms with Gasteiger partial charge in [-0.3, -0.25) is 0 Å². The Balaban J connectivity index is 2.35. The molecule has 0 fully saturated rings. The molecule has 0 saturated carbocycles. The highest BCUT2D eigenvalue weighted by molar-refractivity contribution is 6.07. The van der Waals surface area contributed by atoms with E-state index in [1.165, 1.54) is 7.11 Å². The quantitative estimate of drug-likeness (QED) is 0.599. The van der Waals surface area contributed by atoms with Gasteiger partial charge in [0.1, 0.15) is 18.0 Å². The van der Waals surface area contributed by atoms with Crippen LogP contribution in [0.4, 0.5) is 5.69 Å². The summed E-state index contributed by atoms with van der Waals surface area (Å²) in [6.45, 7) is 1.72. The summed E-state index contributed by atoms with van der Waals surface area (Å²) in [6, 6.07) is 3.48. The molecule has 0 amide bonds. The van der Waals surface area contributed by atoms with Gasteiger partial charge in [-0.1, -0.05) is 0 Å². The van der Waals surface area contributed by atoms with Crippen LogP contribution >= 0.6 is 0 Å². The van der Waals surface area contributed by atoms with Gasteiger partial charge in [-0.05, 0) is 12.1 Å². The number of benzene rings is 1. The van der Waals surface area contributed by atoms with Gasteiger partial charge in [0.05, 0.1) is 24.8 Å². The Morgan fingerprint density at radius 2 is 2.39 bits per heavy atom. The van der Waals surface area contributed by atoms with Crippen LogP contribution in [0.25, 0.3) is 11.0 Å². The zero-order valence-electron chi connectivity index (χ0n) is 9.97. The maximum atomic E-state index is 11.9. The fourth-order valence-corrected chi connectivity index (χ4v) is 2.27. The minimum atomic E-state index is -0.438. The zero-order valence-corrected chi connectivity index (χ0v) is 9.97. The van der Waals surface area contributed by atoms with Crippen molar-refractivity contribution in [3.8, 4) is 0 Å². The van der Waals surface area contributed by atoms with Gasteiger partial charge < -0.3 is 19.8 Å². The fraction of sp³-hybridized carbons (Fsp3) is 0.333. The van der Waals surface area contributed by atoms with E-state index in [-0.39, 0.29) is 0 Å². The number of methoxy groups -OCH3 is 1. The lowest BCUT2D eigenvalue weighted by Crippen LogP contribution is -2.18. The van der Waals surface area contributed by atoms with E-state index in [1.807, 2.05) is 10.6 Å². The number of carbonyl (C=O) groups excluding carboxylic acids is 1. The SMILES string of the molecule is COC(=O)c1c(N)ccc2nc3n(c12)CCOC3. The van der Waals surface area contributed by atoms with E-state index >= 15 is 0 Å². The maximum absolute atomic E-state index is 11.9. The number of nitrogens with zero attached hydrogens (tertiary/aromatic N) is 2. The molecule has 2 heterocycles. The number of anilines is 1. The van der Waals surface area contributed by atoms with Gasteiger partial charge in [0, 0.05) is 12.2 Å². The number of esters is 1. The average Bonchev–Trinajstić information content (AvgIpc) is 2.76. The number of nitrogens with two attached hydrogens (primary N) is 1. The molecule has 1 aromatic carbocycles. The highest BCUT2D eigenvalue weighted by Crippen LogP contribution is 2.27. The molecule has 6 heteroatoms. The van der Waals surface area contributed by atoms with E-state index < -0.39 is 5.97 Å². The van der Waals surface area contributed by atoms with Crippen molar-refractivity contribution in [1.82, 2.24) is 9.55 Å². The van der Waals surface area contributed by atoms with E-state index in [0.717, 1.165) is 16.9 Å². The van der Waals surface area contributed by atoms with Crippen molar-refractivity contribution in [3.63, 3.8) is 0 Å². The van der Waals surface area contributed by atoms with Crippen LogP contribution < -0.4 is 5.73 Å². The minimum absolute atomic E-state index is 0.385. The van der Waals surface area contributed by atoms with Crippen LogP contribution in [0, 0.1) is 0 Å². The van der Waals surface area contributed by atoms with Crippen molar-refractivity contribution in [1.29, 1.82) is 0 Å². The van der Waals surface area contributed by atoms with Crippen molar-refractivity contribution in [3.05, 3.63) is 23.5 Å². The predicted molar refractivity (Wildman–Crippen MR) is 65.1 cm³/mol. The second-order valence-corrected chi connectivity index (χ2v) is 4.12. The molecule has 0 atom stereocenters. The second kappa shape index (κ2) is 3.99. The van der Waals surface area contributed by atoms with Gasteiger partial charge in [-0.15, -0.1) is 0 Å². The van der Waals surface area contributed by atoms with Crippen molar-refractivity contribution in [2.24, 2.45) is 0 Å². The Hall–Kier alpha value is -2.08. The van der Waals surface area contributed by atoms with Crippen LogP contribution in [0.5, 0.6) is 0 Å². The smallest absolute Gasteiger partial charge is 0.342 e. The van der Waals surface area contributed by atoms with Crippen LogP contribution in [-0.2, 0) is 22.6 Å². The number of aromatic nitrogens is 2. The highest BCUT2D eigenvalue weighted by atomic mass is 16.5. The fourth-order valence-electron chi connectivity index (χ4n) is 2.27. The standard InChI is InChI=1S/C12H13N3O3/c1-17-12(16)10-7(13)2-3-8-11(10)15-4-5-18-6-9(15)14-8/h2-3H,4-6,13H2,1H3. The maximum Gasteiger partial charge on any atom is 0.342 e. The summed E-state index contributed by atoms with van der Waals surface area (Å²) in [4.78, 5) is 16.3. The molecule has 0 bridgehead atoms. The summed E-state index contributed by atoms with van der Waals surface area (Å²) < 4.78 is 12.1. The summed E-state index contributed by atoms with van der Waals surface area (Å²) >= 11 is 0. The number of carbonyl (C=O) groups is 1. The van der Waals surface area contributed by atoms with Crippen molar-refractivity contribution < 1.29 is 14.3 Å². The van der Waals surface area contributed by atoms with Gasteiger partial charge in [0.15, 0.2) is 0 Å². The number of hydrogen-bond acceptors (Lipinski definition) is 5. The van der Waals surface area contributed by atoms with E-state index in [1.54, 1.807) is 6.07 Å². The molecule has 0 radical (unpaired) electrons. The largest absolute Gasteiger partial charge is 0.465 e. The summed E-state index contributed by atoms with van der Waals surface area (Å²) in [6.07, 6.45) is 0. The number of hydrogen-bond donors (Lipinski definition) is 1. The zero-order chi connectivity index (χ0) is 12.7. The molecule has 0 unspecified atom stereocenters. The lowest BCUT2D eigenvalue weighted by atomic mass is 10.1. The summed E-state index contributed by atoms with van der Waals surface area (Å²) in [5.41, 5.74) is 8.15. The molecule has 0 spiro atoms. The van der Waals surface area contributed by atoms with Gasteiger partial charge >= 0.3 is 5.97 Å². The van der Waals surface area contributed by atoms with E-state index in [9.17, 15) is 4.79 Å². The van der Waals surface area contributed by atoms with Crippen LogP contribution in [0.2, 0.25) is 0 Å². The summed E-state index contributed by atoms with van der Waals surface area (Å²) in [5, 5.41) is 0. The van der Waals surface area contributed by atoms with Crippen LogP contribution in [0.3, 0.4) is 0 Å². The van der Waals surface area contributed by atoms with Crippen LogP contribution in [0.1, 0.15) is 16.2 Å². The molecule has 2 aromatic rings. The molecule has 94 valence electrons. The van der Waals surface area contributed by atoms with E-state index in [2.05, 4.69) is 4.98 Å². The summed E-state index contributed by atoms with van der Waals surface area (Å²) in [5.74, 6) is 0.374. The molecule has 1 aliphatic heterocycles. The minimum Gasteiger partial charge on any atom is -0.465 e. The average molecular weight is 247 g/mol. The normalized spacial score (nSPS) is 14.5. The molecular weight excluding hydrogens is 234 g/mol. The van der Waals surface area contributed by atoms with E-state index in [0.29, 0.717) is 31.0 Å². The highest BCUT2D eigenvalue weighted by Gasteiger charge is 2.22. The third-order valence-electron chi connectivity index (χ3n) is 3.10. The Bertz CT molecular complexity index is 633. The molecule has 2 N–H and O–H groups in total. The first kappa shape index (κ1) is 11.0. The van der Waals surface area contributed by atoms with E-state index in [4.69, 9.17) is 15.2 Å².